The van der Waals surface area contributed by atoms with Crippen molar-refractivity contribution < 1.29 is 9.72 Å². The van der Waals surface area contributed by atoms with Gasteiger partial charge in [0.25, 0.3) is 17.5 Å². The number of hydrogen-bond acceptors (Lipinski definition) is 7. The molecule has 1 aromatic carbocycles. The molecule has 1 aromatic heterocycles. The van der Waals surface area contributed by atoms with Gasteiger partial charge < -0.3 is 0 Å². The van der Waals surface area contributed by atoms with Crippen LogP contribution in [0.2, 0.25) is 0 Å². The molecule has 1 heterocycles. The molecule has 10 heteroatoms. The predicted molar refractivity (Wildman–Crippen MR) is 58.4 cm³/mol. The highest BCUT2D eigenvalue weighted by molar-refractivity contribution is 5.94. The fourth-order valence-electron chi connectivity index (χ4n) is 1.13. The Bertz CT molecular complexity index is 551. The van der Waals surface area contributed by atoms with E-state index in [9.17, 15) is 14.9 Å². The van der Waals surface area contributed by atoms with Gasteiger partial charge in [0.05, 0.1) is 4.92 Å². The Hall–Kier alpha value is -3.04. The fourth-order valence-corrected chi connectivity index (χ4v) is 1.13. The number of anilines is 1. The summed E-state index contributed by atoms with van der Waals surface area (Å²) in [6.07, 6.45) is 0. The number of hydrogen-bond donors (Lipinski definition) is 3. The molecular formula is C8H7N7O3. The Balaban J connectivity index is 1.98. The number of hydrazine groups is 1. The summed E-state index contributed by atoms with van der Waals surface area (Å²) in [7, 11) is 0. The zero-order valence-corrected chi connectivity index (χ0v) is 8.82. The van der Waals surface area contributed by atoms with E-state index in [0.29, 0.717) is 0 Å². The van der Waals surface area contributed by atoms with E-state index in [-0.39, 0.29) is 17.2 Å². The molecule has 0 saturated heterocycles. The molecular weight excluding hydrogens is 242 g/mol. The lowest BCUT2D eigenvalue weighted by atomic mass is 10.2. The minimum absolute atomic E-state index is 0.0855. The summed E-state index contributed by atoms with van der Waals surface area (Å²) in [5, 5.41) is 23.0. The Morgan fingerprint density at radius 1 is 1.33 bits per heavy atom. The highest BCUT2D eigenvalue weighted by atomic mass is 16.6. The molecule has 0 aliphatic rings. The molecule has 3 N–H and O–H groups in total. The summed E-state index contributed by atoms with van der Waals surface area (Å²) in [6, 6.07) is 5.16. The van der Waals surface area contributed by atoms with Crippen LogP contribution in [-0.2, 0) is 0 Å². The second kappa shape index (κ2) is 4.86. The fraction of sp³-hybridized carbons (Fsp3) is 0. The topological polar surface area (TPSA) is 139 Å². The first-order valence-corrected chi connectivity index (χ1v) is 4.71. The third kappa shape index (κ3) is 2.55. The van der Waals surface area contributed by atoms with Crippen LogP contribution in [0.4, 0.5) is 11.6 Å². The number of carbonyl (C=O) groups is 1. The first-order valence-electron chi connectivity index (χ1n) is 4.71. The Kier molecular flexibility index (Phi) is 3.09. The Labute approximate surface area is 99.5 Å². The first-order chi connectivity index (χ1) is 8.66. The van der Waals surface area contributed by atoms with Crippen molar-refractivity contribution in [2.24, 2.45) is 0 Å². The summed E-state index contributed by atoms with van der Waals surface area (Å²) in [5.41, 5.74) is 4.89. The molecule has 2 aromatic rings. The number of carbonyl (C=O) groups excluding carboxylic acids is 1. The van der Waals surface area contributed by atoms with E-state index in [0.717, 1.165) is 0 Å². The van der Waals surface area contributed by atoms with E-state index in [4.69, 9.17) is 0 Å². The molecule has 0 bridgehead atoms. The van der Waals surface area contributed by atoms with Crippen LogP contribution >= 0.6 is 0 Å². The van der Waals surface area contributed by atoms with Crippen LogP contribution < -0.4 is 10.9 Å². The molecule has 0 unspecified atom stereocenters. The van der Waals surface area contributed by atoms with E-state index < -0.39 is 10.8 Å². The Morgan fingerprint density at radius 3 is 2.61 bits per heavy atom. The number of benzene rings is 1. The smallest absolute Gasteiger partial charge is 0.267 e. The average molecular weight is 249 g/mol. The van der Waals surface area contributed by atoms with Gasteiger partial charge in [-0.3, -0.25) is 25.8 Å². The highest BCUT2D eigenvalue weighted by Gasteiger charge is 2.09. The lowest BCUT2D eigenvalue weighted by molar-refractivity contribution is -0.384. The number of tetrazole rings is 1. The van der Waals surface area contributed by atoms with Crippen LogP contribution in [0.25, 0.3) is 0 Å². The third-order valence-corrected chi connectivity index (χ3v) is 1.97. The number of amides is 1. The molecule has 92 valence electrons. The van der Waals surface area contributed by atoms with Crippen molar-refractivity contribution in [2.75, 3.05) is 5.43 Å². The maximum absolute atomic E-state index is 11.6. The molecule has 0 fully saturated rings. The van der Waals surface area contributed by atoms with Gasteiger partial charge in [-0.15, -0.1) is 5.10 Å². The van der Waals surface area contributed by atoms with Gasteiger partial charge >= 0.3 is 0 Å². The van der Waals surface area contributed by atoms with Crippen molar-refractivity contribution in [1.29, 1.82) is 0 Å². The van der Waals surface area contributed by atoms with Crippen LogP contribution in [-0.4, -0.2) is 31.5 Å². The lowest BCUT2D eigenvalue weighted by Gasteiger charge is -2.03. The van der Waals surface area contributed by atoms with Gasteiger partial charge in [-0.25, -0.2) is 0 Å². The lowest BCUT2D eigenvalue weighted by Crippen LogP contribution is -2.29. The molecule has 1 amide bonds. The number of nitrogens with one attached hydrogen (secondary N) is 3. The quantitative estimate of drug-likeness (QED) is 0.506. The van der Waals surface area contributed by atoms with Crippen LogP contribution in [0.1, 0.15) is 10.4 Å². The summed E-state index contributed by atoms with van der Waals surface area (Å²) < 4.78 is 0. The van der Waals surface area contributed by atoms with Gasteiger partial charge in [-0.1, -0.05) is 5.10 Å². The maximum atomic E-state index is 11.6. The summed E-state index contributed by atoms with van der Waals surface area (Å²) >= 11 is 0. The molecule has 0 saturated carbocycles. The molecule has 0 aliphatic carbocycles. The number of rotatable bonds is 4. The van der Waals surface area contributed by atoms with Gasteiger partial charge in [0.15, 0.2) is 0 Å². The monoisotopic (exact) mass is 249 g/mol. The minimum Gasteiger partial charge on any atom is -0.267 e. The number of H-pyrrole nitrogens is 1. The number of nitro groups is 1. The largest absolute Gasteiger partial charge is 0.281 e. The standard InChI is InChI=1S/C8H7N7O3/c16-7(9-10-8-11-13-14-12-8)5-1-3-6(4-2-5)15(17)18/h1-4H,(H,9,16)(H2,10,11,12,13,14). The van der Waals surface area contributed by atoms with Gasteiger partial charge in [-0.05, 0) is 17.3 Å². The van der Waals surface area contributed by atoms with E-state index in [1.807, 2.05) is 0 Å². The second-order valence-corrected chi connectivity index (χ2v) is 3.12. The van der Waals surface area contributed by atoms with Crippen molar-refractivity contribution in [3.05, 3.63) is 39.9 Å². The van der Waals surface area contributed by atoms with Crippen molar-refractivity contribution >= 4 is 17.5 Å². The van der Waals surface area contributed by atoms with E-state index >= 15 is 0 Å². The van der Waals surface area contributed by atoms with E-state index in [1.165, 1.54) is 24.3 Å². The predicted octanol–water partition coefficient (Wildman–Crippen LogP) is -0.135. The van der Waals surface area contributed by atoms with Crippen LogP contribution in [0.5, 0.6) is 0 Å². The maximum Gasteiger partial charge on any atom is 0.281 e. The van der Waals surface area contributed by atoms with Crippen LogP contribution in [0.15, 0.2) is 24.3 Å². The number of nitrogens with zero attached hydrogens (tertiary/aromatic N) is 4. The van der Waals surface area contributed by atoms with Gasteiger partial charge in [-0.2, -0.15) is 5.21 Å². The van der Waals surface area contributed by atoms with Crippen molar-refractivity contribution in [3.8, 4) is 0 Å². The molecule has 10 nitrogen and oxygen atoms in total. The number of non-ortho nitro benzene ring substituents is 1. The van der Waals surface area contributed by atoms with Gasteiger partial charge in [0, 0.05) is 17.7 Å². The Morgan fingerprint density at radius 2 is 2.06 bits per heavy atom. The van der Waals surface area contributed by atoms with E-state index in [1.54, 1.807) is 0 Å². The van der Waals surface area contributed by atoms with Crippen LogP contribution in [0.3, 0.4) is 0 Å². The number of aromatic amines is 1. The molecule has 0 atom stereocenters. The number of aromatic nitrogens is 4. The summed E-state index contributed by atoms with van der Waals surface area (Å²) in [5.74, 6) is -0.375. The van der Waals surface area contributed by atoms with Crippen molar-refractivity contribution in [2.45, 2.75) is 0 Å². The first kappa shape index (κ1) is 11.4. The third-order valence-electron chi connectivity index (χ3n) is 1.97. The normalized spacial score (nSPS) is 9.78. The SMILES string of the molecule is O=C(NNc1nn[nH]n1)c1ccc([N+](=O)[O-])cc1. The van der Waals surface area contributed by atoms with Gasteiger partial charge in [0.1, 0.15) is 0 Å². The molecule has 18 heavy (non-hydrogen) atoms. The summed E-state index contributed by atoms with van der Waals surface area (Å²) in [4.78, 5) is 21.5. The zero-order valence-electron chi connectivity index (χ0n) is 8.82. The van der Waals surface area contributed by atoms with Crippen molar-refractivity contribution in [3.63, 3.8) is 0 Å². The van der Waals surface area contributed by atoms with Crippen LogP contribution in [0, 0.1) is 10.1 Å². The highest BCUT2D eigenvalue weighted by Crippen LogP contribution is 2.11. The summed E-state index contributed by atoms with van der Waals surface area (Å²) in [6.45, 7) is 0. The van der Waals surface area contributed by atoms with Crippen molar-refractivity contribution in [1.82, 2.24) is 26.0 Å². The number of nitro benzene ring substituents is 1. The molecule has 0 aliphatic heterocycles. The molecule has 0 spiro atoms. The molecule has 0 radical (unpaired) electrons. The molecule has 2 rings (SSSR count). The van der Waals surface area contributed by atoms with Gasteiger partial charge in [0.2, 0.25) is 0 Å². The second-order valence-electron chi connectivity index (χ2n) is 3.12. The zero-order chi connectivity index (χ0) is 13.0. The average Bonchev–Trinajstić information content (AvgIpc) is 2.89. The van der Waals surface area contributed by atoms with E-state index in [2.05, 4.69) is 31.5 Å². The minimum atomic E-state index is -0.542.